The molecule has 2 saturated heterocycles. The van der Waals surface area contributed by atoms with Crippen LogP contribution in [0.5, 0.6) is 0 Å². The molecule has 3 heteroatoms. The molecule has 0 aromatic heterocycles. The molecule has 0 aromatic rings. The van der Waals surface area contributed by atoms with Gasteiger partial charge in [-0.25, -0.2) is 0 Å². The van der Waals surface area contributed by atoms with Crippen molar-refractivity contribution in [2.45, 2.75) is 63.5 Å². The Bertz CT molecular complexity index is 370. The molecular formula is C16H26N2O. The molecular weight excluding hydrogens is 236 g/mol. The lowest BCUT2D eigenvalue weighted by Gasteiger charge is -2.34. The van der Waals surface area contributed by atoms with E-state index in [2.05, 4.69) is 10.2 Å². The van der Waals surface area contributed by atoms with Crippen molar-refractivity contribution < 1.29 is 4.79 Å². The van der Waals surface area contributed by atoms with Gasteiger partial charge in [0.15, 0.2) is 0 Å². The van der Waals surface area contributed by atoms with Crippen molar-refractivity contribution in [1.82, 2.24) is 10.2 Å². The molecule has 0 aromatic carbocycles. The zero-order chi connectivity index (χ0) is 12.8. The molecule has 2 heterocycles. The van der Waals surface area contributed by atoms with Crippen molar-refractivity contribution in [2.24, 2.45) is 17.8 Å². The summed E-state index contributed by atoms with van der Waals surface area (Å²) in [5.41, 5.74) is 0. The summed E-state index contributed by atoms with van der Waals surface area (Å²) in [5.74, 6) is 2.70. The van der Waals surface area contributed by atoms with E-state index in [1.807, 2.05) is 0 Å². The molecule has 1 amide bonds. The quantitative estimate of drug-likeness (QED) is 0.785. The number of nitrogens with zero attached hydrogens (tertiary/aromatic N) is 1. The van der Waals surface area contributed by atoms with E-state index < -0.39 is 0 Å². The van der Waals surface area contributed by atoms with Crippen LogP contribution in [0.25, 0.3) is 0 Å². The van der Waals surface area contributed by atoms with Crippen LogP contribution in [0.4, 0.5) is 0 Å². The number of nitrogens with one attached hydrogen (secondary N) is 1. The van der Waals surface area contributed by atoms with Crippen LogP contribution in [0.3, 0.4) is 0 Å². The zero-order valence-corrected chi connectivity index (χ0v) is 11.8. The molecule has 19 heavy (non-hydrogen) atoms. The number of carbonyl (C=O) groups is 1. The first-order valence-corrected chi connectivity index (χ1v) is 8.38. The van der Waals surface area contributed by atoms with Crippen LogP contribution >= 0.6 is 0 Å². The molecule has 1 N–H and O–H groups in total. The number of rotatable bonds is 1. The highest BCUT2D eigenvalue weighted by molar-refractivity contribution is 5.83. The fraction of sp³-hybridized carbons (Fsp3) is 0.938. The van der Waals surface area contributed by atoms with Crippen LogP contribution in [-0.4, -0.2) is 36.0 Å². The van der Waals surface area contributed by atoms with Gasteiger partial charge in [-0.05, 0) is 56.4 Å². The SMILES string of the molecule is O=C(C1NCC2CCCC21)N1CCC2CCCCC21. The Morgan fingerprint density at radius 1 is 0.947 bits per heavy atom. The average molecular weight is 262 g/mol. The standard InChI is InChI=1S/C16H26N2O/c19-16(15-13-6-3-5-12(13)10-17-15)18-9-8-11-4-1-2-7-14(11)18/h11-15,17H,1-10H2. The predicted molar refractivity (Wildman–Crippen MR) is 74.7 cm³/mol. The van der Waals surface area contributed by atoms with Gasteiger partial charge in [-0.3, -0.25) is 4.79 Å². The van der Waals surface area contributed by atoms with Crippen molar-refractivity contribution in [3.63, 3.8) is 0 Å². The number of hydrogen-bond donors (Lipinski definition) is 1. The normalized spacial score (nSPS) is 45.3. The van der Waals surface area contributed by atoms with E-state index >= 15 is 0 Å². The summed E-state index contributed by atoms with van der Waals surface area (Å²) < 4.78 is 0. The van der Waals surface area contributed by atoms with Gasteiger partial charge in [0.2, 0.25) is 5.91 Å². The average Bonchev–Trinajstić information content (AvgIpc) is 3.12. The molecule has 2 saturated carbocycles. The molecule has 0 spiro atoms. The molecule has 2 aliphatic carbocycles. The van der Waals surface area contributed by atoms with E-state index in [1.54, 1.807) is 0 Å². The lowest BCUT2D eigenvalue weighted by molar-refractivity contribution is -0.135. The third kappa shape index (κ3) is 1.93. The topological polar surface area (TPSA) is 32.3 Å². The van der Waals surface area contributed by atoms with Gasteiger partial charge in [-0.1, -0.05) is 19.3 Å². The summed E-state index contributed by atoms with van der Waals surface area (Å²) in [6, 6.07) is 0.747. The molecule has 3 nitrogen and oxygen atoms in total. The maximum absolute atomic E-state index is 12.9. The van der Waals surface area contributed by atoms with Gasteiger partial charge in [-0.15, -0.1) is 0 Å². The minimum Gasteiger partial charge on any atom is -0.338 e. The molecule has 5 unspecified atom stereocenters. The van der Waals surface area contributed by atoms with Crippen LogP contribution in [0.2, 0.25) is 0 Å². The van der Waals surface area contributed by atoms with Gasteiger partial charge in [0.1, 0.15) is 0 Å². The Morgan fingerprint density at radius 3 is 2.74 bits per heavy atom. The molecule has 4 rings (SSSR count). The largest absolute Gasteiger partial charge is 0.338 e. The second-order valence-corrected chi connectivity index (χ2v) is 7.17. The third-order valence-electron chi connectivity index (χ3n) is 6.31. The summed E-state index contributed by atoms with van der Waals surface area (Å²) in [7, 11) is 0. The Labute approximate surface area is 116 Å². The highest BCUT2D eigenvalue weighted by Gasteiger charge is 2.47. The van der Waals surface area contributed by atoms with Crippen LogP contribution in [0.1, 0.15) is 51.4 Å². The highest BCUT2D eigenvalue weighted by atomic mass is 16.2. The van der Waals surface area contributed by atoms with Crippen molar-refractivity contribution in [2.75, 3.05) is 13.1 Å². The number of amides is 1. The predicted octanol–water partition coefficient (Wildman–Crippen LogP) is 2.17. The first kappa shape index (κ1) is 12.2. The molecule has 4 aliphatic rings. The van der Waals surface area contributed by atoms with Crippen LogP contribution in [0.15, 0.2) is 0 Å². The monoisotopic (exact) mass is 262 g/mol. The first-order valence-electron chi connectivity index (χ1n) is 8.38. The maximum atomic E-state index is 12.9. The number of carbonyl (C=O) groups excluding carboxylic acids is 1. The number of fused-ring (bicyclic) bond motifs is 2. The summed E-state index contributed by atoms with van der Waals surface area (Å²) >= 11 is 0. The van der Waals surface area contributed by atoms with Crippen molar-refractivity contribution >= 4 is 5.91 Å². The highest BCUT2D eigenvalue weighted by Crippen LogP contribution is 2.41. The van der Waals surface area contributed by atoms with E-state index in [9.17, 15) is 4.79 Å². The minimum atomic E-state index is 0.160. The van der Waals surface area contributed by atoms with Crippen molar-refractivity contribution in [3.8, 4) is 0 Å². The second kappa shape index (κ2) is 4.76. The van der Waals surface area contributed by atoms with Crippen molar-refractivity contribution in [1.29, 1.82) is 0 Å². The maximum Gasteiger partial charge on any atom is 0.240 e. The summed E-state index contributed by atoms with van der Waals surface area (Å²) in [6.45, 7) is 2.12. The van der Waals surface area contributed by atoms with E-state index in [-0.39, 0.29) is 6.04 Å². The molecule has 5 atom stereocenters. The Kier molecular flexibility index (Phi) is 3.06. The third-order valence-corrected chi connectivity index (χ3v) is 6.31. The van der Waals surface area contributed by atoms with Gasteiger partial charge >= 0.3 is 0 Å². The van der Waals surface area contributed by atoms with Crippen LogP contribution < -0.4 is 5.32 Å². The Hall–Kier alpha value is -0.570. The van der Waals surface area contributed by atoms with E-state index in [1.165, 1.54) is 51.4 Å². The zero-order valence-electron chi connectivity index (χ0n) is 11.8. The molecule has 106 valence electrons. The van der Waals surface area contributed by atoms with Crippen molar-refractivity contribution in [3.05, 3.63) is 0 Å². The van der Waals surface area contributed by atoms with E-state index in [0.29, 0.717) is 17.9 Å². The summed E-state index contributed by atoms with van der Waals surface area (Å²) in [4.78, 5) is 15.2. The lowest BCUT2D eigenvalue weighted by atomic mass is 9.85. The minimum absolute atomic E-state index is 0.160. The Balaban J connectivity index is 1.48. The van der Waals surface area contributed by atoms with Gasteiger partial charge in [0, 0.05) is 12.6 Å². The Morgan fingerprint density at radius 2 is 1.79 bits per heavy atom. The fourth-order valence-electron chi connectivity index (χ4n) is 5.32. The van der Waals surface area contributed by atoms with E-state index in [4.69, 9.17) is 0 Å². The van der Waals surface area contributed by atoms with Gasteiger partial charge in [0.05, 0.1) is 6.04 Å². The molecule has 2 aliphatic heterocycles. The second-order valence-electron chi connectivity index (χ2n) is 7.17. The smallest absolute Gasteiger partial charge is 0.240 e. The van der Waals surface area contributed by atoms with Gasteiger partial charge in [0.25, 0.3) is 0 Å². The van der Waals surface area contributed by atoms with Gasteiger partial charge in [-0.2, -0.15) is 0 Å². The molecule has 0 bridgehead atoms. The number of hydrogen-bond acceptors (Lipinski definition) is 2. The first-order chi connectivity index (χ1) is 9.34. The van der Waals surface area contributed by atoms with E-state index in [0.717, 1.165) is 24.9 Å². The van der Waals surface area contributed by atoms with Crippen LogP contribution in [0, 0.1) is 17.8 Å². The molecule has 0 radical (unpaired) electrons. The van der Waals surface area contributed by atoms with Crippen LogP contribution in [-0.2, 0) is 4.79 Å². The summed E-state index contributed by atoms with van der Waals surface area (Å²) in [6.07, 6.45) is 10.5. The fourth-order valence-corrected chi connectivity index (χ4v) is 5.32. The number of likely N-dealkylation sites (tertiary alicyclic amines) is 1. The van der Waals surface area contributed by atoms with Gasteiger partial charge < -0.3 is 10.2 Å². The molecule has 4 fully saturated rings. The summed E-state index contributed by atoms with van der Waals surface area (Å²) in [5, 5.41) is 3.54. The lowest BCUT2D eigenvalue weighted by Crippen LogP contribution is -2.49.